The highest BCUT2D eigenvalue weighted by atomic mass is 32.2. The average Bonchev–Trinajstić information content (AvgIpc) is 2.76. The number of carbonyl (C=O) groups excluding carboxylic acids is 2. The van der Waals surface area contributed by atoms with Crippen LogP contribution in [0.5, 0.6) is 0 Å². The van der Waals surface area contributed by atoms with Crippen molar-refractivity contribution in [2.75, 3.05) is 19.6 Å². The molecule has 2 aromatic rings. The van der Waals surface area contributed by atoms with Crippen molar-refractivity contribution in [3.05, 3.63) is 63.7 Å². The SMILES string of the molecule is CCN(CC)S(=O)(=O)c1ccc(C(=O)NCCC2C=c3cc(C)c(C)cc3=NC2=O)cc1. The van der Waals surface area contributed by atoms with Crippen molar-refractivity contribution >= 4 is 27.9 Å². The topological polar surface area (TPSA) is 95.9 Å². The van der Waals surface area contributed by atoms with Crippen LogP contribution < -0.4 is 15.9 Å². The lowest BCUT2D eigenvalue weighted by molar-refractivity contribution is -0.120. The fourth-order valence-electron chi connectivity index (χ4n) is 3.68. The standard InChI is InChI=1S/C24H29N3O4S/c1-5-27(6-2)32(30,31)21-9-7-18(8-10-21)23(28)25-12-11-19-15-20-13-16(3)17(4)14-22(20)26-24(19)29/h7-10,13-15,19H,5-6,11-12H2,1-4H3,(H,25,28). The number of hydrogen-bond donors (Lipinski definition) is 1. The van der Waals surface area contributed by atoms with Crippen LogP contribution in [0.4, 0.5) is 0 Å². The molecule has 0 aliphatic carbocycles. The van der Waals surface area contributed by atoms with E-state index in [2.05, 4.69) is 10.3 Å². The molecule has 2 amide bonds. The molecule has 1 aliphatic heterocycles. The Hall–Kier alpha value is -2.84. The summed E-state index contributed by atoms with van der Waals surface area (Å²) in [7, 11) is -3.56. The summed E-state index contributed by atoms with van der Waals surface area (Å²) in [4.78, 5) is 29.2. The van der Waals surface area contributed by atoms with E-state index in [-0.39, 0.29) is 22.6 Å². The molecule has 3 rings (SSSR count). The summed E-state index contributed by atoms with van der Waals surface area (Å²) in [5, 5.41) is 4.43. The molecular formula is C24H29N3O4S. The zero-order valence-electron chi connectivity index (χ0n) is 18.9. The zero-order valence-corrected chi connectivity index (χ0v) is 19.7. The number of fused-ring (bicyclic) bond motifs is 1. The summed E-state index contributed by atoms with van der Waals surface area (Å²) < 4.78 is 26.5. The van der Waals surface area contributed by atoms with Crippen molar-refractivity contribution in [1.29, 1.82) is 0 Å². The van der Waals surface area contributed by atoms with Gasteiger partial charge in [-0.2, -0.15) is 4.31 Å². The number of benzene rings is 2. The molecule has 0 saturated heterocycles. The van der Waals surface area contributed by atoms with E-state index >= 15 is 0 Å². The molecule has 7 nitrogen and oxygen atoms in total. The van der Waals surface area contributed by atoms with Crippen LogP contribution in [0, 0.1) is 19.8 Å². The molecule has 0 radical (unpaired) electrons. The molecule has 2 aromatic carbocycles. The van der Waals surface area contributed by atoms with E-state index in [1.165, 1.54) is 28.6 Å². The molecule has 32 heavy (non-hydrogen) atoms. The summed E-state index contributed by atoms with van der Waals surface area (Å²) >= 11 is 0. The Labute approximate surface area is 188 Å². The number of aryl methyl sites for hydroxylation is 2. The Morgan fingerprint density at radius 1 is 1.06 bits per heavy atom. The molecule has 0 saturated carbocycles. The lowest BCUT2D eigenvalue weighted by Gasteiger charge is -2.18. The number of nitrogens with one attached hydrogen (secondary N) is 1. The monoisotopic (exact) mass is 455 g/mol. The Morgan fingerprint density at radius 2 is 1.69 bits per heavy atom. The second-order valence-electron chi connectivity index (χ2n) is 7.88. The van der Waals surface area contributed by atoms with Crippen molar-refractivity contribution in [3.8, 4) is 0 Å². The van der Waals surface area contributed by atoms with Gasteiger partial charge in [-0.05, 0) is 73.0 Å². The molecule has 0 fully saturated rings. The smallest absolute Gasteiger partial charge is 0.253 e. The van der Waals surface area contributed by atoms with E-state index in [4.69, 9.17) is 0 Å². The number of nitrogens with zero attached hydrogens (tertiary/aromatic N) is 2. The van der Waals surface area contributed by atoms with E-state index < -0.39 is 10.0 Å². The molecule has 1 aliphatic rings. The molecule has 1 heterocycles. The lowest BCUT2D eigenvalue weighted by Crippen LogP contribution is -2.36. The van der Waals surface area contributed by atoms with Gasteiger partial charge in [-0.25, -0.2) is 13.4 Å². The molecule has 170 valence electrons. The molecule has 0 aromatic heterocycles. The van der Waals surface area contributed by atoms with Gasteiger partial charge in [0.15, 0.2) is 0 Å². The quantitative estimate of drug-likeness (QED) is 0.656. The van der Waals surface area contributed by atoms with Crippen LogP contribution in [0.2, 0.25) is 0 Å². The Kier molecular flexibility index (Phi) is 7.26. The van der Waals surface area contributed by atoms with Gasteiger partial charge in [-0.15, -0.1) is 0 Å². The van der Waals surface area contributed by atoms with Crippen LogP contribution in [-0.2, 0) is 14.8 Å². The summed E-state index contributed by atoms with van der Waals surface area (Å²) in [5.74, 6) is -0.906. The largest absolute Gasteiger partial charge is 0.352 e. The van der Waals surface area contributed by atoms with E-state index in [1.54, 1.807) is 13.8 Å². The highest BCUT2D eigenvalue weighted by Gasteiger charge is 2.22. The first kappa shape index (κ1) is 23.8. The Balaban J connectivity index is 1.63. The van der Waals surface area contributed by atoms with Crippen LogP contribution in [-0.4, -0.2) is 44.2 Å². The number of sulfonamides is 1. The van der Waals surface area contributed by atoms with Crippen LogP contribution >= 0.6 is 0 Å². The van der Waals surface area contributed by atoms with Gasteiger partial charge in [0.2, 0.25) is 10.0 Å². The Bertz CT molecular complexity index is 1250. The van der Waals surface area contributed by atoms with Gasteiger partial charge in [0.05, 0.1) is 16.2 Å². The van der Waals surface area contributed by atoms with Gasteiger partial charge in [0.25, 0.3) is 11.8 Å². The maximum Gasteiger partial charge on any atom is 0.253 e. The van der Waals surface area contributed by atoms with Crippen LogP contribution in [0.15, 0.2) is 46.3 Å². The van der Waals surface area contributed by atoms with Gasteiger partial charge >= 0.3 is 0 Å². The zero-order chi connectivity index (χ0) is 23.5. The maximum absolute atomic E-state index is 12.6. The second-order valence-corrected chi connectivity index (χ2v) is 9.81. The van der Waals surface area contributed by atoms with Gasteiger partial charge < -0.3 is 5.32 Å². The fourth-order valence-corrected chi connectivity index (χ4v) is 5.14. The summed E-state index contributed by atoms with van der Waals surface area (Å²) in [6.45, 7) is 8.65. The summed E-state index contributed by atoms with van der Waals surface area (Å²) in [6.07, 6.45) is 2.35. The molecule has 0 spiro atoms. The summed E-state index contributed by atoms with van der Waals surface area (Å²) in [6, 6.07) is 9.84. The molecule has 0 bridgehead atoms. The first-order valence-electron chi connectivity index (χ1n) is 10.8. The van der Waals surface area contributed by atoms with Gasteiger partial charge in [-0.1, -0.05) is 19.9 Å². The van der Waals surface area contributed by atoms with Gasteiger partial charge in [-0.3, -0.25) is 9.59 Å². The van der Waals surface area contributed by atoms with Crippen LogP contribution in [0.25, 0.3) is 6.08 Å². The van der Waals surface area contributed by atoms with Crippen molar-refractivity contribution in [3.63, 3.8) is 0 Å². The number of carbonyl (C=O) groups is 2. The van der Waals surface area contributed by atoms with Gasteiger partial charge in [0, 0.05) is 25.2 Å². The van der Waals surface area contributed by atoms with Crippen LogP contribution in [0.3, 0.4) is 0 Å². The van der Waals surface area contributed by atoms with Crippen molar-refractivity contribution in [2.24, 2.45) is 10.9 Å². The van der Waals surface area contributed by atoms with E-state index in [1.807, 2.05) is 32.1 Å². The Morgan fingerprint density at radius 3 is 2.31 bits per heavy atom. The van der Waals surface area contributed by atoms with Crippen molar-refractivity contribution in [2.45, 2.75) is 39.0 Å². The first-order chi connectivity index (χ1) is 15.2. The van der Waals surface area contributed by atoms with E-state index in [0.29, 0.717) is 37.0 Å². The molecule has 1 N–H and O–H groups in total. The first-order valence-corrected chi connectivity index (χ1v) is 12.2. The number of rotatable bonds is 8. The highest BCUT2D eigenvalue weighted by Crippen LogP contribution is 2.16. The van der Waals surface area contributed by atoms with Gasteiger partial charge in [0.1, 0.15) is 0 Å². The van der Waals surface area contributed by atoms with Crippen molar-refractivity contribution in [1.82, 2.24) is 9.62 Å². The molecule has 1 atom stereocenters. The van der Waals surface area contributed by atoms with Crippen molar-refractivity contribution < 1.29 is 18.0 Å². The lowest BCUT2D eigenvalue weighted by atomic mass is 9.98. The predicted molar refractivity (Wildman–Crippen MR) is 123 cm³/mol. The normalized spacial score (nSPS) is 15.7. The van der Waals surface area contributed by atoms with E-state index in [0.717, 1.165) is 16.3 Å². The molecular weight excluding hydrogens is 426 g/mol. The third-order valence-corrected chi connectivity index (χ3v) is 7.84. The second kappa shape index (κ2) is 9.75. The minimum absolute atomic E-state index is 0.158. The third-order valence-electron chi connectivity index (χ3n) is 5.77. The fraction of sp³-hybridized carbons (Fsp3) is 0.375. The summed E-state index contributed by atoms with van der Waals surface area (Å²) in [5.41, 5.74) is 2.60. The number of amides is 2. The predicted octanol–water partition coefficient (Wildman–Crippen LogP) is 1.71. The average molecular weight is 456 g/mol. The van der Waals surface area contributed by atoms with E-state index in [9.17, 15) is 18.0 Å². The maximum atomic E-state index is 12.6. The highest BCUT2D eigenvalue weighted by molar-refractivity contribution is 7.89. The number of hydrogen-bond acceptors (Lipinski definition) is 4. The minimum Gasteiger partial charge on any atom is -0.352 e. The molecule has 1 unspecified atom stereocenters. The van der Waals surface area contributed by atoms with Crippen LogP contribution in [0.1, 0.15) is 41.8 Å². The minimum atomic E-state index is -3.56. The third kappa shape index (κ3) is 4.97. The molecule has 8 heteroatoms.